The van der Waals surface area contributed by atoms with E-state index in [-0.39, 0.29) is 25.6 Å². The highest BCUT2D eigenvalue weighted by molar-refractivity contribution is 5.97. The molecule has 11 nitrogen and oxygen atoms in total. The van der Waals surface area contributed by atoms with Crippen molar-refractivity contribution >= 4 is 23.7 Å². The Hall–Kier alpha value is -4.93. The normalized spacial score (nSPS) is 11.8. The van der Waals surface area contributed by atoms with E-state index in [4.69, 9.17) is 14.2 Å². The van der Waals surface area contributed by atoms with Gasteiger partial charge in [0.2, 0.25) is 6.79 Å². The van der Waals surface area contributed by atoms with Crippen LogP contribution in [0.4, 0.5) is 5.69 Å². The van der Waals surface area contributed by atoms with Crippen LogP contribution in [0.2, 0.25) is 0 Å². The average molecular weight is 476 g/mol. The smallest absolute Gasteiger partial charge is 0.269 e. The van der Waals surface area contributed by atoms with Crippen LogP contribution in [0, 0.1) is 10.1 Å². The molecule has 0 fully saturated rings. The number of hydrogen-bond donors (Lipinski definition) is 2. The molecule has 3 aromatic carbocycles. The lowest BCUT2D eigenvalue weighted by Crippen LogP contribution is -2.34. The fourth-order valence-corrected chi connectivity index (χ4v) is 3.05. The van der Waals surface area contributed by atoms with E-state index >= 15 is 0 Å². The van der Waals surface area contributed by atoms with Crippen molar-refractivity contribution in [1.29, 1.82) is 0 Å². The molecule has 0 spiro atoms. The molecule has 35 heavy (non-hydrogen) atoms. The maximum Gasteiger partial charge on any atom is 0.269 e. The Morgan fingerprint density at radius 2 is 1.77 bits per heavy atom. The Morgan fingerprint density at radius 3 is 2.51 bits per heavy atom. The van der Waals surface area contributed by atoms with Gasteiger partial charge in [-0.1, -0.05) is 0 Å². The molecule has 0 saturated heterocycles. The van der Waals surface area contributed by atoms with Gasteiger partial charge in [0, 0.05) is 17.7 Å². The number of nitrogens with one attached hydrogen (secondary N) is 2. The van der Waals surface area contributed by atoms with Gasteiger partial charge in [-0.05, 0) is 65.7 Å². The van der Waals surface area contributed by atoms with E-state index in [2.05, 4.69) is 15.8 Å². The summed E-state index contributed by atoms with van der Waals surface area (Å²) in [6, 6.07) is 17.9. The van der Waals surface area contributed by atoms with Crippen LogP contribution in [-0.4, -0.2) is 36.3 Å². The maximum absolute atomic E-state index is 12.2. The lowest BCUT2D eigenvalue weighted by molar-refractivity contribution is -0.384. The molecule has 0 bridgehead atoms. The Bertz CT molecular complexity index is 1260. The maximum atomic E-state index is 12.2. The van der Waals surface area contributed by atoms with Crippen LogP contribution in [0.3, 0.4) is 0 Å². The van der Waals surface area contributed by atoms with Gasteiger partial charge >= 0.3 is 0 Å². The van der Waals surface area contributed by atoms with Crippen molar-refractivity contribution < 1.29 is 28.7 Å². The molecule has 11 heteroatoms. The minimum Gasteiger partial charge on any atom is -0.489 e. The van der Waals surface area contributed by atoms with Gasteiger partial charge in [0.05, 0.1) is 17.7 Å². The molecule has 2 amide bonds. The Morgan fingerprint density at radius 1 is 1.03 bits per heavy atom. The van der Waals surface area contributed by atoms with Gasteiger partial charge in [-0.15, -0.1) is 0 Å². The lowest BCUT2D eigenvalue weighted by atomic mass is 10.2. The lowest BCUT2D eigenvalue weighted by Gasteiger charge is -2.06. The topological polar surface area (TPSA) is 141 Å². The van der Waals surface area contributed by atoms with Crippen molar-refractivity contribution in [3.63, 3.8) is 0 Å². The summed E-state index contributed by atoms with van der Waals surface area (Å²) < 4.78 is 16.1. The predicted molar refractivity (Wildman–Crippen MR) is 125 cm³/mol. The summed E-state index contributed by atoms with van der Waals surface area (Å²) in [5.41, 5.74) is 4.24. The van der Waals surface area contributed by atoms with Crippen molar-refractivity contribution in [1.82, 2.24) is 10.7 Å². The van der Waals surface area contributed by atoms with Gasteiger partial charge < -0.3 is 19.5 Å². The predicted octanol–water partition coefficient (Wildman–Crippen LogP) is 2.78. The number of non-ortho nitro benzene ring substituents is 1. The number of benzene rings is 3. The average Bonchev–Trinajstić information content (AvgIpc) is 3.35. The van der Waals surface area contributed by atoms with Crippen LogP contribution < -0.4 is 25.0 Å². The Balaban J connectivity index is 1.19. The van der Waals surface area contributed by atoms with Crippen LogP contribution in [0.25, 0.3) is 0 Å². The third-order valence-corrected chi connectivity index (χ3v) is 4.88. The van der Waals surface area contributed by atoms with Crippen LogP contribution in [0.15, 0.2) is 71.8 Å². The molecular weight excluding hydrogens is 456 g/mol. The second-order valence-electron chi connectivity index (χ2n) is 7.33. The first-order valence-electron chi connectivity index (χ1n) is 10.4. The van der Waals surface area contributed by atoms with Crippen LogP contribution in [0.1, 0.15) is 21.5 Å². The molecule has 4 rings (SSSR count). The second-order valence-corrected chi connectivity index (χ2v) is 7.33. The number of amides is 2. The molecule has 0 atom stereocenters. The Labute approximate surface area is 199 Å². The first-order chi connectivity index (χ1) is 17.0. The van der Waals surface area contributed by atoms with E-state index in [1.54, 1.807) is 54.6 Å². The van der Waals surface area contributed by atoms with Gasteiger partial charge in [-0.2, -0.15) is 5.10 Å². The molecule has 1 aliphatic heterocycles. The van der Waals surface area contributed by atoms with E-state index in [0.717, 1.165) is 11.1 Å². The van der Waals surface area contributed by atoms with Gasteiger partial charge in [0.15, 0.2) is 11.5 Å². The quantitative estimate of drug-likeness (QED) is 0.275. The van der Waals surface area contributed by atoms with Gasteiger partial charge in [-0.3, -0.25) is 19.7 Å². The van der Waals surface area contributed by atoms with Crippen molar-refractivity contribution in [2.45, 2.75) is 6.61 Å². The minimum absolute atomic E-state index is 0.0246. The first kappa shape index (κ1) is 23.2. The zero-order chi connectivity index (χ0) is 24.6. The van der Waals surface area contributed by atoms with E-state index < -0.39 is 16.7 Å². The molecule has 0 unspecified atom stereocenters. The standard InChI is InChI=1S/C24H20N4O7/c29-23(13-25-24(30)18-5-10-21-22(11-18)35-15-34-21)27-26-12-16-3-8-20(9-4-16)33-14-17-1-6-19(7-2-17)28(31)32/h1-12H,13-15H2,(H,25,30)(H,27,29). The number of rotatable bonds is 9. The monoisotopic (exact) mass is 476 g/mol. The highest BCUT2D eigenvalue weighted by atomic mass is 16.7. The molecule has 0 aromatic heterocycles. The van der Waals surface area contributed by atoms with Crippen molar-refractivity contribution in [3.8, 4) is 17.2 Å². The second kappa shape index (κ2) is 10.8. The fraction of sp³-hybridized carbons (Fsp3) is 0.125. The van der Waals surface area contributed by atoms with Gasteiger partial charge in [0.1, 0.15) is 12.4 Å². The summed E-state index contributed by atoms with van der Waals surface area (Å²) in [5, 5.41) is 17.1. The number of nitro groups is 1. The number of hydrogen-bond acceptors (Lipinski definition) is 8. The van der Waals surface area contributed by atoms with E-state index in [9.17, 15) is 19.7 Å². The van der Waals surface area contributed by atoms with Gasteiger partial charge in [-0.25, -0.2) is 5.43 Å². The zero-order valence-corrected chi connectivity index (χ0v) is 18.3. The van der Waals surface area contributed by atoms with E-state index in [1.165, 1.54) is 18.3 Å². The Kier molecular flexibility index (Phi) is 7.16. The highest BCUT2D eigenvalue weighted by Crippen LogP contribution is 2.32. The van der Waals surface area contributed by atoms with E-state index in [1.807, 2.05) is 0 Å². The van der Waals surface area contributed by atoms with E-state index in [0.29, 0.717) is 22.8 Å². The molecule has 178 valence electrons. The fourth-order valence-electron chi connectivity index (χ4n) is 3.05. The van der Waals surface area contributed by atoms with Crippen LogP contribution in [-0.2, 0) is 11.4 Å². The van der Waals surface area contributed by atoms with Crippen molar-refractivity contribution in [2.75, 3.05) is 13.3 Å². The van der Waals surface area contributed by atoms with Crippen molar-refractivity contribution in [2.24, 2.45) is 5.10 Å². The molecule has 1 heterocycles. The summed E-state index contributed by atoms with van der Waals surface area (Å²) in [5.74, 6) is 0.744. The number of fused-ring (bicyclic) bond motifs is 1. The molecule has 0 saturated carbocycles. The number of carbonyl (C=O) groups excluding carboxylic acids is 2. The molecule has 2 N–H and O–H groups in total. The third-order valence-electron chi connectivity index (χ3n) is 4.88. The SMILES string of the molecule is O=C(CNC(=O)c1ccc2c(c1)OCO2)NN=Cc1ccc(OCc2ccc([N+](=O)[O-])cc2)cc1. The third kappa shape index (κ3) is 6.32. The summed E-state index contributed by atoms with van der Waals surface area (Å²) >= 11 is 0. The molecule has 3 aromatic rings. The largest absolute Gasteiger partial charge is 0.489 e. The summed E-state index contributed by atoms with van der Waals surface area (Å²) in [7, 11) is 0. The first-order valence-corrected chi connectivity index (χ1v) is 10.4. The molecule has 0 aliphatic carbocycles. The number of nitrogens with zero attached hydrogens (tertiary/aromatic N) is 2. The molecule has 1 aliphatic rings. The molecule has 0 radical (unpaired) electrons. The highest BCUT2D eigenvalue weighted by Gasteiger charge is 2.16. The van der Waals surface area contributed by atoms with Crippen LogP contribution in [0.5, 0.6) is 17.2 Å². The summed E-state index contributed by atoms with van der Waals surface area (Å²) in [6.45, 7) is 0.123. The van der Waals surface area contributed by atoms with Gasteiger partial charge in [0.25, 0.3) is 17.5 Å². The molecular formula is C24H20N4O7. The van der Waals surface area contributed by atoms with Crippen molar-refractivity contribution in [3.05, 3.63) is 93.5 Å². The summed E-state index contributed by atoms with van der Waals surface area (Å²) in [6.07, 6.45) is 1.46. The van der Waals surface area contributed by atoms with Crippen LogP contribution >= 0.6 is 0 Å². The number of hydrazone groups is 1. The summed E-state index contributed by atoms with van der Waals surface area (Å²) in [4.78, 5) is 34.4. The zero-order valence-electron chi connectivity index (χ0n) is 18.3. The number of nitro benzene ring substituents is 1. The number of ether oxygens (including phenoxy) is 3. The number of carbonyl (C=O) groups is 2. The minimum atomic E-state index is -0.488.